The van der Waals surface area contributed by atoms with Crippen molar-refractivity contribution in [3.63, 3.8) is 0 Å². The van der Waals surface area contributed by atoms with E-state index in [9.17, 15) is 4.79 Å². The van der Waals surface area contributed by atoms with Crippen LogP contribution in [0, 0.1) is 19.8 Å². The van der Waals surface area contributed by atoms with Crippen LogP contribution in [0.15, 0.2) is 18.2 Å². The van der Waals surface area contributed by atoms with E-state index in [0.29, 0.717) is 13.1 Å². The first-order chi connectivity index (χ1) is 8.04. The second-order valence-corrected chi connectivity index (χ2v) is 4.61. The Morgan fingerprint density at radius 1 is 1.33 bits per heavy atom. The lowest BCUT2D eigenvalue weighted by molar-refractivity contribution is -0.124. The van der Waals surface area contributed by atoms with Gasteiger partial charge in [-0.2, -0.15) is 0 Å². The van der Waals surface area contributed by atoms with Gasteiger partial charge in [0.15, 0.2) is 0 Å². The molecule has 2 N–H and O–H groups in total. The van der Waals surface area contributed by atoms with Crippen molar-refractivity contribution in [3.05, 3.63) is 34.9 Å². The fraction of sp³-hybridized carbons (Fsp3) is 0.500. The molecule has 1 rings (SSSR count). The van der Waals surface area contributed by atoms with Gasteiger partial charge in [-0.1, -0.05) is 30.7 Å². The lowest BCUT2D eigenvalue weighted by Crippen LogP contribution is -2.34. The molecule has 3 nitrogen and oxygen atoms in total. The highest BCUT2D eigenvalue weighted by Gasteiger charge is 2.11. The molecule has 18 heavy (non-hydrogen) atoms. The van der Waals surface area contributed by atoms with Gasteiger partial charge in [-0.25, -0.2) is 0 Å². The summed E-state index contributed by atoms with van der Waals surface area (Å²) in [5, 5.41) is 5.97. The zero-order valence-electron chi connectivity index (χ0n) is 11.5. The van der Waals surface area contributed by atoms with Crippen LogP contribution in [-0.4, -0.2) is 19.5 Å². The lowest BCUT2D eigenvalue weighted by Gasteiger charge is -2.13. The highest BCUT2D eigenvalue weighted by Crippen LogP contribution is 2.10. The number of hydrogen-bond acceptors (Lipinski definition) is 2. The van der Waals surface area contributed by atoms with E-state index in [2.05, 4.69) is 42.7 Å². The lowest BCUT2D eigenvalue weighted by atomic mass is 10.1. The molecule has 0 saturated heterocycles. The Kier molecular flexibility index (Phi) is 7.64. The number of benzene rings is 1. The second-order valence-electron chi connectivity index (χ2n) is 4.61. The first-order valence-electron chi connectivity index (χ1n) is 6.03. The van der Waals surface area contributed by atoms with E-state index in [4.69, 9.17) is 0 Å². The summed E-state index contributed by atoms with van der Waals surface area (Å²) in [7, 11) is 1.86. The first-order valence-corrected chi connectivity index (χ1v) is 6.03. The van der Waals surface area contributed by atoms with E-state index in [1.165, 1.54) is 16.7 Å². The third kappa shape index (κ3) is 5.07. The average molecular weight is 271 g/mol. The summed E-state index contributed by atoms with van der Waals surface area (Å²) in [5.74, 6) is 0.102. The van der Waals surface area contributed by atoms with Gasteiger partial charge < -0.3 is 10.6 Å². The molecule has 0 spiro atoms. The summed E-state index contributed by atoms with van der Waals surface area (Å²) in [4.78, 5) is 11.7. The van der Waals surface area contributed by atoms with Gasteiger partial charge in [0.25, 0.3) is 0 Å². The minimum atomic E-state index is 0. The first kappa shape index (κ1) is 16.9. The molecule has 4 heteroatoms. The van der Waals surface area contributed by atoms with Crippen molar-refractivity contribution in [2.75, 3.05) is 13.6 Å². The third-order valence-electron chi connectivity index (χ3n) is 2.91. The molecule has 0 bridgehead atoms. The Morgan fingerprint density at radius 3 is 2.56 bits per heavy atom. The van der Waals surface area contributed by atoms with Gasteiger partial charge >= 0.3 is 0 Å². The van der Waals surface area contributed by atoms with Crippen molar-refractivity contribution in [2.24, 2.45) is 5.92 Å². The van der Waals surface area contributed by atoms with Crippen molar-refractivity contribution in [2.45, 2.75) is 27.3 Å². The van der Waals surface area contributed by atoms with Crippen LogP contribution in [-0.2, 0) is 11.3 Å². The van der Waals surface area contributed by atoms with Gasteiger partial charge in [-0.05, 0) is 32.0 Å². The van der Waals surface area contributed by atoms with E-state index in [1.54, 1.807) is 0 Å². The van der Waals surface area contributed by atoms with E-state index in [1.807, 2.05) is 14.0 Å². The van der Waals surface area contributed by atoms with E-state index in [-0.39, 0.29) is 24.2 Å². The largest absolute Gasteiger partial charge is 0.352 e. The molecule has 1 aromatic rings. The zero-order chi connectivity index (χ0) is 12.8. The van der Waals surface area contributed by atoms with Crippen LogP contribution < -0.4 is 10.6 Å². The molecule has 0 aliphatic heterocycles. The minimum Gasteiger partial charge on any atom is -0.352 e. The average Bonchev–Trinajstić information content (AvgIpc) is 2.27. The van der Waals surface area contributed by atoms with E-state index in [0.717, 1.165) is 0 Å². The van der Waals surface area contributed by atoms with Crippen LogP contribution in [0.1, 0.15) is 23.6 Å². The number of rotatable bonds is 5. The Hall–Kier alpha value is -1.06. The molecule has 0 aliphatic rings. The minimum absolute atomic E-state index is 0. The third-order valence-corrected chi connectivity index (χ3v) is 2.91. The van der Waals surface area contributed by atoms with Gasteiger partial charge in [0.2, 0.25) is 5.91 Å². The van der Waals surface area contributed by atoms with Gasteiger partial charge in [-0.3, -0.25) is 4.79 Å². The highest BCUT2D eigenvalue weighted by molar-refractivity contribution is 5.85. The van der Waals surface area contributed by atoms with Crippen LogP contribution in [0.4, 0.5) is 0 Å². The number of hydrogen-bond donors (Lipinski definition) is 2. The number of aryl methyl sites for hydroxylation is 2. The number of halogens is 1. The molecule has 0 saturated carbocycles. The van der Waals surface area contributed by atoms with Crippen LogP contribution >= 0.6 is 12.4 Å². The summed E-state index contributed by atoms with van der Waals surface area (Å²) in [6.07, 6.45) is 0. The second kappa shape index (κ2) is 8.11. The van der Waals surface area contributed by atoms with Gasteiger partial charge in [0.05, 0.1) is 0 Å². The van der Waals surface area contributed by atoms with Crippen LogP contribution in [0.25, 0.3) is 0 Å². The summed E-state index contributed by atoms with van der Waals surface area (Å²) in [5.41, 5.74) is 3.66. The molecular weight excluding hydrogens is 248 g/mol. The number of carbonyl (C=O) groups is 1. The van der Waals surface area contributed by atoms with Gasteiger partial charge in [-0.15, -0.1) is 12.4 Å². The maximum absolute atomic E-state index is 11.7. The molecule has 0 aromatic heterocycles. The van der Waals surface area contributed by atoms with Gasteiger partial charge in [0.1, 0.15) is 0 Å². The Morgan fingerprint density at radius 2 is 2.00 bits per heavy atom. The molecule has 0 heterocycles. The molecule has 0 fully saturated rings. The van der Waals surface area contributed by atoms with Crippen LogP contribution in [0.2, 0.25) is 0 Å². The summed E-state index contributed by atoms with van der Waals surface area (Å²) >= 11 is 0. The molecule has 102 valence electrons. The smallest absolute Gasteiger partial charge is 0.224 e. The van der Waals surface area contributed by atoms with Crippen molar-refractivity contribution in [1.82, 2.24) is 10.6 Å². The summed E-state index contributed by atoms with van der Waals surface area (Å²) < 4.78 is 0. The number of amides is 1. The Balaban J connectivity index is 0.00000289. The predicted molar refractivity (Wildman–Crippen MR) is 78.1 cm³/mol. The van der Waals surface area contributed by atoms with Crippen molar-refractivity contribution in [3.8, 4) is 0 Å². The van der Waals surface area contributed by atoms with Gasteiger partial charge in [0, 0.05) is 19.0 Å². The van der Waals surface area contributed by atoms with Crippen molar-refractivity contribution >= 4 is 18.3 Å². The quantitative estimate of drug-likeness (QED) is 0.861. The number of nitrogens with one attached hydrogen (secondary N) is 2. The van der Waals surface area contributed by atoms with E-state index < -0.39 is 0 Å². The van der Waals surface area contributed by atoms with Crippen LogP contribution in [0.3, 0.4) is 0 Å². The zero-order valence-corrected chi connectivity index (χ0v) is 12.4. The molecule has 0 radical (unpaired) electrons. The topological polar surface area (TPSA) is 41.1 Å². The van der Waals surface area contributed by atoms with E-state index >= 15 is 0 Å². The normalized spacial score (nSPS) is 11.6. The fourth-order valence-corrected chi connectivity index (χ4v) is 1.80. The maximum Gasteiger partial charge on any atom is 0.224 e. The number of carbonyl (C=O) groups excluding carboxylic acids is 1. The molecule has 0 aliphatic carbocycles. The molecule has 1 aromatic carbocycles. The molecule has 1 atom stereocenters. The molecular formula is C14H23ClN2O. The van der Waals surface area contributed by atoms with Crippen LogP contribution in [0.5, 0.6) is 0 Å². The highest BCUT2D eigenvalue weighted by atomic mass is 35.5. The monoisotopic (exact) mass is 270 g/mol. The van der Waals surface area contributed by atoms with Crippen molar-refractivity contribution < 1.29 is 4.79 Å². The molecule has 1 unspecified atom stereocenters. The summed E-state index contributed by atoms with van der Waals surface area (Å²) in [6, 6.07) is 6.29. The predicted octanol–water partition coefficient (Wildman–Crippen LogP) is 2.20. The maximum atomic E-state index is 11.7. The standard InChI is InChI=1S/C14H22N2O.ClH/c1-10-5-6-13(11(2)7-10)9-16-14(17)12(3)8-15-4;/h5-7,12,15H,8-9H2,1-4H3,(H,16,17);1H. The molecule has 1 amide bonds. The Labute approximate surface area is 116 Å². The Bertz CT molecular complexity index is 393. The SMILES string of the molecule is CNCC(C)C(=O)NCc1ccc(C)cc1C.Cl. The van der Waals surface area contributed by atoms with Crippen molar-refractivity contribution in [1.29, 1.82) is 0 Å². The summed E-state index contributed by atoms with van der Waals surface area (Å²) in [6.45, 7) is 7.39. The fourth-order valence-electron chi connectivity index (χ4n) is 1.80.